The number of nitrogens with one attached hydrogen (secondary N) is 1. The van der Waals surface area contributed by atoms with Crippen molar-refractivity contribution in [1.29, 1.82) is 0 Å². The second-order valence-corrected chi connectivity index (χ2v) is 4.84. The number of anilines is 1. The number of hydrogen-bond acceptors (Lipinski definition) is 3. The molecule has 0 aliphatic carbocycles. The Balaban J connectivity index is 1.99. The highest BCUT2D eigenvalue weighted by Gasteiger charge is 2.06. The molecule has 3 heteroatoms. The van der Waals surface area contributed by atoms with Crippen molar-refractivity contribution in [2.45, 2.75) is 19.8 Å². The summed E-state index contributed by atoms with van der Waals surface area (Å²) < 4.78 is 5.15. The highest BCUT2D eigenvalue weighted by Crippen LogP contribution is 2.27. The summed E-state index contributed by atoms with van der Waals surface area (Å²) >= 11 is 0. The molecule has 0 atom stereocenters. The zero-order valence-corrected chi connectivity index (χ0v) is 12.3. The van der Waals surface area contributed by atoms with Gasteiger partial charge in [-0.1, -0.05) is 61.9 Å². The molecule has 3 nitrogen and oxygen atoms in total. The van der Waals surface area contributed by atoms with Crippen molar-refractivity contribution in [3.8, 4) is 11.1 Å². The maximum absolute atomic E-state index is 11.7. The van der Waals surface area contributed by atoms with Gasteiger partial charge in [0.25, 0.3) is 0 Å². The number of ether oxygens (including phenoxy) is 1. The van der Waals surface area contributed by atoms with Crippen molar-refractivity contribution >= 4 is 11.7 Å². The fourth-order valence-corrected chi connectivity index (χ4v) is 2.06. The molecular weight excluding hydrogens is 262 g/mol. The Kier molecular flexibility index (Phi) is 5.83. The molecule has 0 aliphatic rings. The fourth-order valence-electron chi connectivity index (χ4n) is 2.06. The molecular formula is C18H21NO2. The molecule has 0 saturated carbocycles. The van der Waals surface area contributed by atoms with E-state index in [-0.39, 0.29) is 12.5 Å². The smallest absolute Gasteiger partial charge is 0.325 e. The Morgan fingerprint density at radius 3 is 2.52 bits per heavy atom. The number of para-hydroxylation sites is 1. The second-order valence-electron chi connectivity index (χ2n) is 4.84. The first kappa shape index (κ1) is 15.1. The van der Waals surface area contributed by atoms with Gasteiger partial charge in [-0.25, -0.2) is 0 Å². The molecule has 0 aromatic heterocycles. The Hall–Kier alpha value is -2.29. The molecule has 0 aliphatic heterocycles. The van der Waals surface area contributed by atoms with Crippen LogP contribution in [-0.4, -0.2) is 19.1 Å². The number of rotatable bonds is 7. The molecule has 0 saturated heterocycles. The van der Waals surface area contributed by atoms with Gasteiger partial charge < -0.3 is 10.1 Å². The maximum Gasteiger partial charge on any atom is 0.325 e. The van der Waals surface area contributed by atoms with E-state index in [9.17, 15) is 4.79 Å². The Labute approximate surface area is 126 Å². The predicted octanol–water partition coefficient (Wildman–Crippen LogP) is 4.11. The van der Waals surface area contributed by atoms with Gasteiger partial charge in [0.2, 0.25) is 0 Å². The van der Waals surface area contributed by atoms with Gasteiger partial charge in [-0.05, 0) is 18.1 Å². The number of unbranched alkanes of at least 4 members (excludes halogenated alkanes) is 1. The zero-order chi connectivity index (χ0) is 14.9. The standard InChI is InChI=1S/C18H21NO2/c1-2-3-13-21-18(20)14-19-17-12-8-7-11-16(17)15-9-5-4-6-10-15/h4-12,19H,2-3,13-14H2,1H3. The van der Waals surface area contributed by atoms with Gasteiger partial charge >= 0.3 is 5.97 Å². The van der Waals surface area contributed by atoms with Crippen LogP contribution in [0.4, 0.5) is 5.69 Å². The van der Waals surface area contributed by atoms with E-state index in [0.717, 1.165) is 29.7 Å². The van der Waals surface area contributed by atoms with E-state index in [2.05, 4.69) is 24.4 Å². The van der Waals surface area contributed by atoms with Crippen LogP contribution in [0.25, 0.3) is 11.1 Å². The van der Waals surface area contributed by atoms with Crippen molar-refractivity contribution < 1.29 is 9.53 Å². The number of esters is 1. The lowest BCUT2D eigenvalue weighted by Gasteiger charge is -2.12. The predicted molar refractivity (Wildman–Crippen MR) is 86.2 cm³/mol. The van der Waals surface area contributed by atoms with Crippen molar-refractivity contribution in [1.82, 2.24) is 0 Å². The molecule has 0 spiro atoms. The lowest BCUT2D eigenvalue weighted by atomic mass is 10.0. The number of hydrogen-bond donors (Lipinski definition) is 1. The lowest BCUT2D eigenvalue weighted by Crippen LogP contribution is -2.17. The topological polar surface area (TPSA) is 38.3 Å². The summed E-state index contributed by atoms with van der Waals surface area (Å²) in [5.74, 6) is -0.216. The maximum atomic E-state index is 11.7. The minimum absolute atomic E-state index is 0.188. The van der Waals surface area contributed by atoms with Crippen LogP contribution in [-0.2, 0) is 9.53 Å². The summed E-state index contributed by atoms with van der Waals surface area (Å²) in [7, 11) is 0. The van der Waals surface area contributed by atoms with Crippen molar-refractivity contribution in [3.05, 3.63) is 54.6 Å². The molecule has 2 rings (SSSR count). The van der Waals surface area contributed by atoms with Crippen LogP contribution in [0, 0.1) is 0 Å². The van der Waals surface area contributed by atoms with E-state index in [1.165, 1.54) is 0 Å². The molecule has 21 heavy (non-hydrogen) atoms. The number of benzene rings is 2. The highest BCUT2D eigenvalue weighted by atomic mass is 16.5. The van der Waals surface area contributed by atoms with E-state index < -0.39 is 0 Å². The third-order valence-corrected chi connectivity index (χ3v) is 3.20. The molecule has 2 aromatic carbocycles. The molecule has 0 bridgehead atoms. The van der Waals surface area contributed by atoms with Gasteiger partial charge in [-0.3, -0.25) is 4.79 Å². The third kappa shape index (κ3) is 4.63. The molecule has 0 fully saturated rings. The van der Waals surface area contributed by atoms with Gasteiger partial charge in [0.15, 0.2) is 0 Å². The first-order valence-electron chi connectivity index (χ1n) is 7.35. The lowest BCUT2D eigenvalue weighted by molar-refractivity contribution is -0.141. The molecule has 0 amide bonds. The largest absolute Gasteiger partial charge is 0.464 e. The minimum Gasteiger partial charge on any atom is -0.464 e. The summed E-state index contributed by atoms with van der Waals surface area (Å²) in [5.41, 5.74) is 3.15. The van der Waals surface area contributed by atoms with Gasteiger partial charge in [0.05, 0.1) is 6.61 Å². The van der Waals surface area contributed by atoms with E-state index in [1.807, 2.05) is 42.5 Å². The molecule has 110 valence electrons. The quantitative estimate of drug-likeness (QED) is 0.614. The van der Waals surface area contributed by atoms with E-state index >= 15 is 0 Å². The summed E-state index contributed by atoms with van der Waals surface area (Å²) in [5, 5.41) is 3.16. The van der Waals surface area contributed by atoms with Gasteiger partial charge in [-0.15, -0.1) is 0 Å². The van der Waals surface area contributed by atoms with Crippen LogP contribution in [0.5, 0.6) is 0 Å². The Bertz CT molecular complexity index is 566. The highest BCUT2D eigenvalue weighted by molar-refractivity contribution is 5.81. The first-order valence-corrected chi connectivity index (χ1v) is 7.35. The van der Waals surface area contributed by atoms with E-state index in [0.29, 0.717) is 6.61 Å². The second kappa shape index (κ2) is 8.10. The van der Waals surface area contributed by atoms with Gasteiger partial charge in [0.1, 0.15) is 6.54 Å². The summed E-state index contributed by atoms with van der Waals surface area (Å²) in [6, 6.07) is 18.1. The van der Waals surface area contributed by atoms with Crippen molar-refractivity contribution in [2.24, 2.45) is 0 Å². The summed E-state index contributed by atoms with van der Waals surface area (Å²) in [4.78, 5) is 11.7. The summed E-state index contributed by atoms with van der Waals surface area (Å²) in [6.45, 7) is 2.76. The molecule has 0 radical (unpaired) electrons. The van der Waals surface area contributed by atoms with Crippen LogP contribution in [0.3, 0.4) is 0 Å². The molecule has 0 heterocycles. The Morgan fingerprint density at radius 1 is 1.05 bits per heavy atom. The van der Waals surface area contributed by atoms with E-state index in [4.69, 9.17) is 4.74 Å². The Morgan fingerprint density at radius 2 is 1.76 bits per heavy atom. The van der Waals surface area contributed by atoms with Gasteiger partial charge in [-0.2, -0.15) is 0 Å². The van der Waals surface area contributed by atoms with Crippen LogP contribution in [0.15, 0.2) is 54.6 Å². The molecule has 2 aromatic rings. The molecule has 1 N–H and O–H groups in total. The average Bonchev–Trinajstić information content (AvgIpc) is 2.54. The third-order valence-electron chi connectivity index (χ3n) is 3.20. The zero-order valence-electron chi connectivity index (χ0n) is 12.3. The average molecular weight is 283 g/mol. The number of carbonyl (C=O) groups excluding carboxylic acids is 1. The summed E-state index contributed by atoms with van der Waals surface area (Å²) in [6.07, 6.45) is 1.93. The van der Waals surface area contributed by atoms with Crippen LogP contribution < -0.4 is 5.32 Å². The van der Waals surface area contributed by atoms with Crippen molar-refractivity contribution in [2.75, 3.05) is 18.5 Å². The van der Waals surface area contributed by atoms with E-state index in [1.54, 1.807) is 0 Å². The fraction of sp³-hybridized carbons (Fsp3) is 0.278. The van der Waals surface area contributed by atoms with Crippen LogP contribution in [0.1, 0.15) is 19.8 Å². The number of carbonyl (C=O) groups is 1. The van der Waals surface area contributed by atoms with Crippen LogP contribution in [0.2, 0.25) is 0 Å². The molecule has 0 unspecified atom stereocenters. The van der Waals surface area contributed by atoms with Crippen molar-refractivity contribution in [3.63, 3.8) is 0 Å². The van der Waals surface area contributed by atoms with Gasteiger partial charge in [0, 0.05) is 11.3 Å². The SMILES string of the molecule is CCCCOC(=O)CNc1ccccc1-c1ccccc1. The first-order chi connectivity index (χ1) is 10.3. The van der Waals surface area contributed by atoms with Crippen LogP contribution >= 0.6 is 0 Å². The monoisotopic (exact) mass is 283 g/mol. The normalized spacial score (nSPS) is 10.1. The minimum atomic E-state index is -0.216.